The third-order valence-electron chi connectivity index (χ3n) is 2.52. The van der Waals surface area contributed by atoms with Crippen LogP contribution >= 0.6 is 15.9 Å². The summed E-state index contributed by atoms with van der Waals surface area (Å²) >= 11 is 3.35. The molecule has 90 valence electrons. The fraction of sp³-hybridized carbons (Fsp3) is 0.154. The number of pyridine rings is 1. The Hall–Kier alpha value is -1.93. The fourth-order valence-corrected chi connectivity index (χ4v) is 1.88. The van der Waals surface area contributed by atoms with E-state index in [1.165, 1.54) is 0 Å². The number of rotatable bonds is 2. The van der Waals surface area contributed by atoms with Crippen molar-refractivity contribution >= 4 is 38.4 Å². The van der Waals surface area contributed by atoms with E-state index in [2.05, 4.69) is 26.2 Å². The van der Waals surface area contributed by atoms with Gasteiger partial charge in [-0.3, -0.25) is 9.78 Å². The number of hydrogen-bond acceptors (Lipinski definition) is 3. The molecule has 0 radical (unpaired) electrons. The molecule has 1 aromatic heterocycles. The third-order valence-corrected chi connectivity index (χ3v) is 2.96. The Bertz CT molecular complexity index is 648. The smallest absolute Gasteiger partial charge is 0.241 e. The molecule has 1 atom stereocenters. The van der Waals surface area contributed by atoms with Crippen molar-refractivity contribution in [2.45, 2.75) is 6.92 Å². The summed E-state index contributed by atoms with van der Waals surface area (Å²) in [4.78, 5) is 16.0. The van der Waals surface area contributed by atoms with Crippen molar-refractivity contribution in [3.63, 3.8) is 0 Å². The zero-order valence-corrected chi connectivity index (χ0v) is 11.2. The summed E-state index contributed by atoms with van der Waals surface area (Å²) in [6, 6.07) is 9.34. The van der Waals surface area contributed by atoms with E-state index in [0.29, 0.717) is 11.2 Å². The van der Waals surface area contributed by atoms with E-state index in [1.807, 2.05) is 24.3 Å². The molecule has 0 saturated carbocycles. The van der Waals surface area contributed by atoms with Crippen LogP contribution < -0.4 is 5.32 Å². The monoisotopic (exact) mass is 303 g/mol. The van der Waals surface area contributed by atoms with E-state index in [9.17, 15) is 4.79 Å². The average molecular weight is 304 g/mol. The van der Waals surface area contributed by atoms with E-state index in [1.54, 1.807) is 19.2 Å². The van der Waals surface area contributed by atoms with Crippen molar-refractivity contribution in [3.05, 3.63) is 34.9 Å². The molecule has 1 aromatic carbocycles. The molecule has 4 nitrogen and oxygen atoms in total. The van der Waals surface area contributed by atoms with Crippen LogP contribution in [0.4, 0.5) is 5.69 Å². The SMILES string of the molecule is CC(C#N)C(=O)Nc1cccc2cc(Br)cnc12. The predicted molar refractivity (Wildman–Crippen MR) is 72.8 cm³/mol. The Morgan fingerprint density at radius 1 is 1.56 bits per heavy atom. The summed E-state index contributed by atoms with van der Waals surface area (Å²) in [6.45, 7) is 1.56. The number of anilines is 1. The number of hydrogen-bond donors (Lipinski definition) is 1. The topological polar surface area (TPSA) is 65.8 Å². The van der Waals surface area contributed by atoms with Gasteiger partial charge in [0.25, 0.3) is 0 Å². The summed E-state index contributed by atoms with van der Waals surface area (Å²) < 4.78 is 0.879. The van der Waals surface area contributed by atoms with Crippen LogP contribution in [0, 0.1) is 17.2 Å². The zero-order chi connectivity index (χ0) is 13.1. The van der Waals surface area contributed by atoms with Crippen LogP contribution in [0.3, 0.4) is 0 Å². The lowest BCUT2D eigenvalue weighted by molar-refractivity contribution is -0.117. The first-order valence-corrected chi connectivity index (χ1v) is 6.16. The van der Waals surface area contributed by atoms with Crippen LogP contribution in [-0.4, -0.2) is 10.9 Å². The van der Waals surface area contributed by atoms with Gasteiger partial charge >= 0.3 is 0 Å². The normalized spacial score (nSPS) is 11.8. The first-order valence-electron chi connectivity index (χ1n) is 5.36. The van der Waals surface area contributed by atoms with Crippen molar-refractivity contribution < 1.29 is 4.79 Å². The van der Waals surface area contributed by atoms with Gasteiger partial charge in [-0.05, 0) is 35.0 Å². The lowest BCUT2D eigenvalue weighted by atomic mass is 10.1. The number of benzene rings is 1. The fourth-order valence-electron chi connectivity index (χ4n) is 1.53. The Kier molecular flexibility index (Phi) is 3.58. The molecule has 0 fully saturated rings. The van der Waals surface area contributed by atoms with Crippen LogP contribution in [0.1, 0.15) is 6.92 Å². The number of nitriles is 1. The Morgan fingerprint density at radius 3 is 3.06 bits per heavy atom. The number of nitrogens with one attached hydrogen (secondary N) is 1. The number of nitrogens with zero attached hydrogens (tertiary/aromatic N) is 2. The molecule has 2 rings (SSSR count). The number of para-hydroxylation sites is 1. The van der Waals surface area contributed by atoms with Gasteiger partial charge in [-0.15, -0.1) is 0 Å². The summed E-state index contributed by atoms with van der Waals surface area (Å²) in [5.74, 6) is -1.01. The second kappa shape index (κ2) is 5.15. The number of fused-ring (bicyclic) bond motifs is 1. The minimum atomic E-state index is -0.685. The van der Waals surface area contributed by atoms with Crippen LogP contribution in [0.2, 0.25) is 0 Å². The van der Waals surface area contributed by atoms with Crippen LogP contribution in [0.5, 0.6) is 0 Å². The van der Waals surface area contributed by atoms with Crippen molar-refractivity contribution in [2.75, 3.05) is 5.32 Å². The third kappa shape index (κ3) is 2.49. The quantitative estimate of drug-likeness (QED) is 0.927. The number of carbonyl (C=O) groups is 1. The standard InChI is InChI=1S/C13H10BrN3O/c1-8(6-15)13(18)17-11-4-2-3-9-5-10(14)7-16-12(9)11/h2-5,7-8H,1H3,(H,17,18). The van der Waals surface area contributed by atoms with Gasteiger partial charge in [0.2, 0.25) is 5.91 Å². The zero-order valence-electron chi connectivity index (χ0n) is 9.64. The van der Waals surface area contributed by atoms with Gasteiger partial charge in [0.05, 0.1) is 17.3 Å². The van der Waals surface area contributed by atoms with Crippen molar-refractivity contribution in [3.8, 4) is 6.07 Å². The molecular formula is C13H10BrN3O. The summed E-state index contributed by atoms with van der Waals surface area (Å²) in [5.41, 5.74) is 1.33. The predicted octanol–water partition coefficient (Wildman–Crippen LogP) is 3.10. The maximum Gasteiger partial charge on any atom is 0.241 e. The molecule has 0 aliphatic heterocycles. The van der Waals surface area contributed by atoms with E-state index >= 15 is 0 Å². The van der Waals surface area contributed by atoms with Crippen molar-refractivity contribution in [2.24, 2.45) is 5.92 Å². The van der Waals surface area contributed by atoms with Gasteiger partial charge in [-0.2, -0.15) is 5.26 Å². The highest BCUT2D eigenvalue weighted by atomic mass is 79.9. The maximum absolute atomic E-state index is 11.7. The Labute approximate surface area is 113 Å². The highest BCUT2D eigenvalue weighted by Crippen LogP contribution is 2.24. The molecule has 18 heavy (non-hydrogen) atoms. The second-order valence-corrected chi connectivity index (χ2v) is 4.79. The molecule has 5 heteroatoms. The van der Waals surface area contributed by atoms with Gasteiger partial charge in [0.1, 0.15) is 5.92 Å². The molecule has 1 unspecified atom stereocenters. The van der Waals surface area contributed by atoms with Crippen molar-refractivity contribution in [1.82, 2.24) is 4.98 Å². The minimum Gasteiger partial charge on any atom is -0.323 e. The van der Waals surface area contributed by atoms with E-state index in [0.717, 1.165) is 9.86 Å². The maximum atomic E-state index is 11.7. The molecule has 1 amide bonds. The Balaban J connectivity index is 2.40. The van der Waals surface area contributed by atoms with Gasteiger partial charge in [0, 0.05) is 16.1 Å². The Morgan fingerprint density at radius 2 is 2.33 bits per heavy atom. The number of halogens is 1. The molecule has 1 N–H and O–H groups in total. The van der Waals surface area contributed by atoms with Gasteiger partial charge in [-0.1, -0.05) is 12.1 Å². The highest BCUT2D eigenvalue weighted by molar-refractivity contribution is 9.10. The minimum absolute atomic E-state index is 0.324. The highest BCUT2D eigenvalue weighted by Gasteiger charge is 2.13. The van der Waals surface area contributed by atoms with Crippen LogP contribution in [-0.2, 0) is 4.79 Å². The average Bonchev–Trinajstić information content (AvgIpc) is 2.37. The molecule has 2 aromatic rings. The molecule has 0 bridgehead atoms. The van der Waals surface area contributed by atoms with Gasteiger partial charge in [0.15, 0.2) is 0 Å². The van der Waals surface area contributed by atoms with E-state index in [4.69, 9.17) is 5.26 Å². The molecule has 0 saturated heterocycles. The molecular weight excluding hydrogens is 294 g/mol. The van der Waals surface area contributed by atoms with Crippen molar-refractivity contribution in [1.29, 1.82) is 5.26 Å². The van der Waals surface area contributed by atoms with Crippen LogP contribution in [0.25, 0.3) is 10.9 Å². The van der Waals surface area contributed by atoms with Gasteiger partial charge < -0.3 is 5.32 Å². The molecule has 0 aliphatic rings. The first kappa shape index (κ1) is 12.5. The van der Waals surface area contributed by atoms with Gasteiger partial charge in [-0.25, -0.2) is 0 Å². The number of aromatic nitrogens is 1. The molecule has 1 heterocycles. The largest absolute Gasteiger partial charge is 0.323 e. The molecule has 0 aliphatic carbocycles. The molecule has 0 spiro atoms. The lowest BCUT2D eigenvalue weighted by Gasteiger charge is -2.08. The number of carbonyl (C=O) groups excluding carboxylic acids is 1. The second-order valence-electron chi connectivity index (χ2n) is 3.87. The van der Waals surface area contributed by atoms with E-state index in [-0.39, 0.29) is 5.91 Å². The number of amides is 1. The first-order chi connectivity index (χ1) is 8.61. The lowest BCUT2D eigenvalue weighted by Crippen LogP contribution is -2.19. The summed E-state index contributed by atoms with van der Waals surface area (Å²) in [7, 11) is 0. The summed E-state index contributed by atoms with van der Waals surface area (Å²) in [5, 5.41) is 12.3. The van der Waals surface area contributed by atoms with E-state index < -0.39 is 5.92 Å². The summed E-state index contributed by atoms with van der Waals surface area (Å²) in [6.07, 6.45) is 1.67. The van der Waals surface area contributed by atoms with Crippen LogP contribution in [0.15, 0.2) is 34.9 Å².